The van der Waals surface area contributed by atoms with Gasteiger partial charge in [0.15, 0.2) is 0 Å². The van der Waals surface area contributed by atoms with E-state index in [0.29, 0.717) is 5.56 Å². The van der Waals surface area contributed by atoms with Gasteiger partial charge in [0.1, 0.15) is 0 Å². The molecule has 5 heteroatoms. The molecule has 3 heterocycles. The van der Waals surface area contributed by atoms with E-state index < -0.39 is 0 Å². The molecule has 2 aliphatic rings. The molecule has 164 valence electrons. The van der Waals surface area contributed by atoms with Crippen LogP contribution in [0.4, 0.5) is 0 Å². The summed E-state index contributed by atoms with van der Waals surface area (Å²) in [5.74, 6) is 0.243. The van der Waals surface area contributed by atoms with Crippen molar-refractivity contribution in [2.75, 3.05) is 0 Å². The second kappa shape index (κ2) is 8.45. The van der Waals surface area contributed by atoms with E-state index in [1.165, 1.54) is 20.9 Å². The minimum Gasteiger partial charge on any atom is -0.267 e. The molecule has 0 radical (unpaired) electrons. The zero-order valence-corrected chi connectivity index (χ0v) is 20.4. The van der Waals surface area contributed by atoms with Gasteiger partial charge in [-0.1, -0.05) is 45.0 Å². The van der Waals surface area contributed by atoms with Gasteiger partial charge in [0, 0.05) is 21.2 Å². The molecule has 3 aromatic rings. The molecule has 0 unspecified atom stereocenters. The molecule has 2 atom stereocenters. The summed E-state index contributed by atoms with van der Waals surface area (Å²) in [6, 6.07) is 16.5. The van der Waals surface area contributed by atoms with Crippen LogP contribution in [0.25, 0.3) is 6.08 Å². The average Bonchev–Trinajstić information content (AvgIpc) is 3.53. The van der Waals surface area contributed by atoms with Crippen molar-refractivity contribution >= 4 is 40.4 Å². The lowest BCUT2D eigenvalue weighted by Crippen LogP contribution is -2.31. The summed E-state index contributed by atoms with van der Waals surface area (Å²) in [5.41, 5.74) is 4.37. The molecule has 0 N–H and O–H groups in total. The summed E-state index contributed by atoms with van der Waals surface area (Å²) in [4.78, 5) is 16.1. The zero-order chi connectivity index (χ0) is 22.3. The fourth-order valence-corrected chi connectivity index (χ4v) is 6.25. The van der Waals surface area contributed by atoms with Gasteiger partial charge in [-0.3, -0.25) is 4.79 Å². The maximum absolute atomic E-state index is 13.7. The van der Waals surface area contributed by atoms with E-state index in [4.69, 9.17) is 5.10 Å². The summed E-state index contributed by atoms with van der Waals surface area (Å²) in [6.07, 6.45) is 5.49. The molecule has 0 saturated heterocycles. The van der Waals surface area contributed by atoms with Crippen molar-refractivity contribution in [1.82, 2.24) is 5.01 Å². The minimum absolute atomic E-state index is 0.0127. The largest absolute Gasteiger partial charge is 0.274 e. The predicted octanol–water partition coefficient (Wildman–Crippen LogP) is 7.54. The molecular weight excluding hydrogens is 432 g/mol. The van der Waals surface area contributed by atoms with Crippen molar-refractivity contribution in [3.63, 3.8) is 0 Å². The fraction of sp³-hybridized carbons (Fsp3) is 0.333. The number of nitrogens with zero attached hydrogens (tertiary/aromatic N) is 2. The molecular formula is C27H28N2OS2. The van der Waals surface area contributed by atoms with E-state index in [9.17, 15) is 4.79 Å². The number of allylic oxidation sites excluding steroid dienone is 1. The second-order valence-electron chi connectivity index (χ2n) is 9.61. The number of hydrogen-bond acceptors (Lipinski definition) is 4. The van der Waals surface area contributed by atoms with Crippen LogP contribution >= 0.6 is 22.7 Å². The molecule has 1 aromatic carbocycles. The van der Waals surface area contributed by atoms with Gasteiger partial charge < -0.3 is 0 Å². The molecule has 2 aromatic heterocycles. The van der Waals surface area contributed by atoms with E-state index in [0.717, 1.165) is 25.0 Å². The summed E-state index contributed by atoms with van der Waals surface area (Å²) in [6.45, 7) is 6.57. The van der Waals surface area contributed by atoms with Crippen LogP contribution in [-0.4, -0.2) is 16.6 Å². The van der Waals surface area contributed by atoms with Crippen LogP contribution in [0.5, 0.6) is 0 Å². The summed E-state index contributed by atoms with van der Waals surface area (Å²) in [7, 11) is 0. The zero-order valence-electron chi connectivity index (χ0n) is 18.7. The van der Waals surface area contributed by atoms with Gasteiger partial charge in [-0.05, 0) is 76.9 Å². The monoisotopic (exact) mass is 460 g/mol. The maximum atomic E-state index is 13.7. The molecule has 32 heavy (non-hydrogen) atoms. The number of thiophene rings is 2. The quantitative estimate of drug-likeness (QED) is 0.397. The van der Waals surface area contributed by atoms with Gasteiger partial charge in [-0.2, -0.15) is 5.10 Å². The third kappa shape index (κ3) is 4.00. The highest BCUT2D eigenvalue weighted by atomic mass is 32.1. The highest BCUT2D eigenvalue weighted by Crippen LogP contribution is 2.46. The van der Waals surface area contributed by atoms with Gasteiger partial charge in [-0.15, -0.1) is 22.7 Å². The molecule has 1 aliphatic carbocycles. The Labute approximate surface area is 198 Å². The van der Waals surface area contributed by atoms with Crippen LogP contribution in [0.2, 0.25) is 0 Å². The second-order valence-corrected chi connectivity index (χ2v) is 11.6. The van der Waals surface area contributed by atoms with Crippen LogP contribution in [0.1, 0.15) is 71.8 Å². The van der Waals surface area contributed by atoms with E-state index in [1.54, 1.807) is 27.7 Å². The number of amides is 1. The smallest absolute Gasteiger partial charge is 0.267 e. The lowest BCUT2D eigenvalue weighted by molar-refractivity contribution is 0.0684. The van der Waals surface area contributed by atoms with Crippen molar-refractivity contribution in [2.45, 2.75) is 51.5 Å². The van der Waals surface area contributed by atoms with Crippen molar-refractivity contribution < 1.29 is 4.79 Å². The Balaban J connectivity index is 1.53. The van der Waals surface area contributed by atoms with Crippen LogP contribution in [0, 0.1) is 5.92 Å². The third-order valence-electron chi connectivity index (χ3n) is 6.40. The number of hydrazone groups is 1. The van der Waals surface area contributed by atoms with Gasteiger partial charge in [0.25, 0.3) is 5.91 Å². The van der Waals surface area contributed by atoms with E-state index in [1.807, 2.05) is 12.1 Å². The topological polar surface area (TPSA) is 32.7 Å². The van der Waals surface area contributed by atoms with E-state index in [-0.39, 0.29) is 23.3 Å². The van der Waals surface area contributed by atoms with Crippen LogP contribution in [-0.2, 0) is 5.41 Å². The standard InChI is InChI=1S/C27H28N2OS2/c1-27(2,3)20-13-11-18(12-14-20)26(30)29-25(23-10-6-16-32-23)22-9-4-7-19(24(22)28-29)17-21-8-5-15-31-21/h5-6,8,10-17,22,25H,4,7,9H2,1-3H3/b19-17-/t22-,25+/m1/s1. The molecule has 3 nitrogen and oxygen atoms in total. The lowest BCUT2D eigenvalue weighted by Gasteiger charge is -2.28. The van der Waals surface area contributed by atoms with Gasteiger partial charge in [0.05, 0.1) is 11.8 Å². The first-order valence-corrected chi connectivity index (χ1v) is 13.0. The maximum Gasteiger partial charge on any atom is 0.274 e. The lowest BCUT2D eigenvalue weighted by atomic mass is 9.79. The average molecular weight is 461 g/mol. The predicted molar refractivity (Wildman–Crippen MR) is 135 cm³/mol. The summed E-state index contributed by atoms with van der Waals surface area (Å²) < 4.78 is 0. The fourth-order valence-electron chi connectivity index (χ4n) is 4.70. The molecule has 1 aliphatic heterocycles. The van der Waals surface area contributed by atoms with Gasteiger partial charge in [-0.25, -0.2) is 5.01 Å². The molecule has 1 amide bonds. The van der Waals surface area contributed by atoms with E-state index in [2.05, 4.69) is 74.0 Å². The third-order valence-corrected chi connectivity index (χ3v) is 8.16. The minimum atomic E-state index is -0.0215. The number of fused-ring (bicyclic) bond motifs is 1. The molecule has 5 rings (SSSR count). The van der Waals surface area contributed by atoms with Crippen molar-refractivity contribution in [1.29, 1.82) is 0 Å². The first-order chi connectivity index (χ1) is 15.4. The summed E-state index contributed by atoms with van der Waals surface area (Å²) in [5, 5.41) is 11.0. The first-order valence-electron chi connectivity index (χ1n) is 11.2. The Hall–Kier alpha value is -2.50. The Kier molecular flexibility index (Phi) is 5.64. The Morgan fingerprint density at radius 3 is 2.47 bits per heavy atom. The van der Waals surface area contributed by atoms with E-state index >= 15 is 0 Å². The summed E-state index contributed by atoms with van der Waals surface area (Å²) >= 11 is 3.47. The van der Waals surface area contributed by atoms with Crippen molar-refractivity contribution in [3.05, 3.63) is 85.7 Å². The van der Waals surface area contributed by atoms with Gasteiger partial charge >= 0.3 is 0 Å². The molecule has 1 saturated carbocycles. The molecule has 1 fully saturated rings. The number of hydrogen-bond donors (Lipinski definition) is 0. The molecule has 0 spiro atoms. The van der Waals surface area contributed by atoms with Crippen molar-refractivity contribution in [3.8, 4) is 0 Å². The Morgan fingerprint density at radius 2 is 1.81 bits per heavy atom. The number of carbonyl (C=O) groups excluding carboxylic acids is 1. The van der Waals surface area contributed by atoms with Crippen LogP contribution in [0.15, 0.2) is 70.0 Å². The number of benzene rings is 1. The first kappa shape index (κ1) is 21.4. The normalized spacial score (nSPS) is 22.2. The number of rotatable bonds is 3. The van der Waals surface area contributed by atoms with Gasteiger partial charge in [0.2, 0.25) is 0 Å². The Morgan fingerprint density at radius 1 is 1.06 bits per heavy atom. The highest BCUT2D eigenvalue weighted by Gasteiger charge is 2.44. The van der Waals surface area contributed by atoms with Crippen LogP contribution < -0.4 is 0 Å². The Bertz CT molecular complexity index is 1150. The molecule has 0 bridgehead atoms. The SMILES string of the molecule is CC(C)(C)c1ccc(C(=O)N2N=C3/C(=C\c4cccs4)CCC[C@H]3[C@H]2c2cccs2)cc1. The highest BCUT2D eigenvalue weighted by molar-refractivity contribution is 7.11. The number of carbonyl (C=O) groups is 1. The van der Waals surface area contributed by atoms with Crippen LogP contribution in [0.3, 0.4) is 0 Å². The van der Waals surface area contributed by atoms with Crippen molar-refractivity contribution in [2.24, 2.45) is 11.0 Å².